The van der Waals surface area contributed by atoms with Gasteiger partial charge in [-0.25, -0.2) is 19.9 Å². The van der Waals surface area contributed by atoms with Crippen LogP contribution in [0.2, 0.25) is 0 Å². The van der Waals surface area contributed by atoms with Gasteiger partial charge in [0.2, 0.25) is 0 Å². The van der Waals surface area contributed by atoms with Gasteiger partial charge in [-0.15, -0.1) is 0 Å². The third-order valence-corrected chi connectivity index (χ3v) is 8.85. The average Bonchev–Trinajstić information content (AvgIpc) is 3.57. The summed E-state index contributed by atoms with van der Waals surface area (Å²) in [4.78, 5) is 20.2. The fraction of sp³-hybridized carbons (Fsp3) is 0.471. The van der Waals surface area contributed by atoms with Gasteiger partial charge in [0.05, 0.1) is 33.5 Å². The Labute approximate surface area is 238 Å². The van der Waals surface area contributed by atoms with Gasteiger partial charge in [-0.05, 0) is 71.9 Å². The van der Waals surface area contributed by atoms with E-state index in [2.05, 4.69) is 101 Å². The van der Waals surface area contributed by atoms with E-state index in [0.29, 0.717) is 0 Å². The summed E-state index contributed by atoms with van der Waals surface area (Å²) in [6.45, 7) is 18.0. The standard InChI is InChI=1S/C34H44N6/c1-9-13-25-31(39-21-35-27-19-23(15-17-29(27)39)33(5,6)11-3)38-26(14-10-2)32(37-25)40-22-36-28-20-24(16-18-30(28)40)34(7,8)12-4/h15-22H,9-14H2,1-8H3. The molecule has 0 saturated carbocycles. The predicted molar refractivity (Wildman–Crippen MR) is 166 cm³/mol. The van der Waals surface area contributed by atoms with Crippen LogP contribution in [0.3, 0.4) is 0 Å². The summed E-state index contributed by atoms with van der Waals surface area (Å²) < 4.78 is 4.26. The molecule has 40 heavy (non-hydrogen) atoms. The Morgan fingerprint density at radius 2 is 1.00 bits per heavy atom. The van der Waals surface area contributed by atoms with Crippen LogP contribution in [0.15, 0.2) is 49.1 Å². The van der Waals surface area contributed by atoms with Gasteiger partial charge in [0, 0.05) is 0 Å². The molecule has 0 fully saturated rings. The lowest BCUT2D eigenvalue weighted by Gasteiger charge is -2.23. The SMILES string of the molecule is CCCc1nc(-n2cnc3cc(C(C)(C)CC)ccc32)c(CCC)nc1-n1cnc2cc(C(C)(C)CC)ccc21. The number of benzene rings is 2. The number of rotatable bonds is 10. The molecule has 6 heteroatoms. The maximum Gasteiger partial charge on any atom is 0.160 e. The first-order chi connectivity index (χ1) is 19.1. The summed E-state index contributed by atoms with van der Waals surface area (Å²) in [6.07, 6.45) is 9.62. The van der Waals surface area contributed by atoms with Gasteiger partial charge in [-0.2, -0.15) is 0 Å². The van der Waals surface area contributed by atoms with Crippen LogP contribution in [0.1, 0.15) is 104 Å². The van der Waals surface area contributed by atoms with Crippen LogP contribution in [-0.2, 0) is 23.7 Å². The normalized spacial score (nSPS) is 12.6. The van der Waals surface area contributed by atoms with E-state index in [1.165, 1.54) is 11.1 Å². The summed E-state index contributed by atoms with van der Waals surface area (Å²) >= 11 is 0. The first-order valence-corrected chi connectivity index (χ1v) is 15.0. The molecule has 6 nitrogen and oxygen atoms in total. The van der Waals surface area contributed by atoms with E-state index in [1.54, 1.807) is 0 Å². The van der Waals surface area contributed by atoms with Crippen LogP contribution >= 0.6 is 0 Å². The van der Waals surface area contributed by atoms with Gasteiger partial charge >= 0.3 is 0 Å². The summed E-state index contributed by atoms with van der Waals surface area (Å²) in [6, 6.07) is 13.3. The lowest BCUT2D eigenvalue weighted by atomic mass is 9.82. The van der Waals surface area contributed by atoms with Crippen molar-refractivity contribution >= 4 is 22.1 Å². The van der Waals surface area contributed by atoms with Crippen molar-refractivity contribution in [3.05, 3.63) is 71.6 Å². The second-order valence-electron chi connectivity index (χ2n) is 12.4. The minimum absolute atomic E-state index is 0.113. The molecule has 0 aliphatic carbocycles. The first kappa shape index (κ1) is 28.0. The van der Waals surface area contributed by atoms with Crippen molar-refractivity contribution in [2.75, 3.05) is 0 Å². The molecule has 0 atom stereocenters. The van der Waals surface area contributed by atoms with Gasteiger partial charge < -0.3 is 0 Å². The molecule has 0 radical (unpaired) electrons. The van der Waals surface area contributed by atoms with E-state index in [-0.39, 0.29) is 10.8 Å². The molecule has 0 N–H and O–H groups in total. The maximum atomic E-state index is 5.31. The van der Waals surface area contributed by atoms with Crippen molar-refractivity contribution in [2.45, 2.75) is 105 Å². The zero-order valence-corrected chi connectivity index (χ0v) is 25.5. The van der Waals surface area contributed by atoms with Crippen molar-refractivity contribution in [1.29, 1.82) is 0 Å². The van der Waals surface area contributed by atoms with Crippen molar-refractivity contribution in [3.63, 3.8) is 0 Å². The predicted octanol–water partition coefficient (Wildman–Crippen LogP) is 8.43. The van der Waals surface area contributed by atoms with E-state index < -0.39 is 0 Å². The highest BCUT2D eigenvalue weighted by Gasteiger charge is 2.23. The smallest absolute Gasteiger partial charge is 0.160 e. The van der Waals surface area contributed by atoms with E-state index in [1.807, 2.05) is 12.7 Å². The molecule has 5 aromatic rings. The van der Waals surface area contributed by atoms with Gasteiger partial charge in [0.1, 0.15) is 12.7 Å². The summed E-state index contributed by atoms with van der Waals surface area (Å²) in [5.41, 5.74) is 8.95. The molecular weight excluding hydrogens is 492 g/mol. The summed E-state index contributed by atoms with van der Waals surface area (Å²) in [7, 11) is 0. The maximum absolute atomic E-state index is 5.31. The zero-order chi connectivity index (χ0) is 28.7. The lowest BCUT2D eigenvalue weighted by molar-refractivity contribution is 0.506. The molecule has 3 heterocycles. The van der Waals surface area contributed by atoms with Gasteiger partial charge in [-0.1, -0.05) is 80.4 Å². The largest absolute Gasteiger partial charge is 0.281 e. The molecule has 0 amide bonds. The second kappa shape index (κ2) is 10.8. The molecule has 0 unspecified atom stereocenters. The topological polar surface area (TPSA) is 61.4 Å². The summed E-state index contributed by atoms with van der Waals surface area (Å²) in [5.74, 6) is 1.77. The Morgan fingerprint density at radius 3 is 1.35 bits per heavy atom. The number of hydrogen-bond donors (Lipinski definition) is 0. The Hall–Kier alpha value is -3.54. The quantitative estimate of drug-likeness (QED) is 0.180. The van der Waals surface area contributed by atoms with Gasteiger partial charge in [0.25, 0.3) is 0 Å². The molecular formula is C34H44N6. The number of hydrogen-bond acceptors (Lipinski definition) is 4. The zero-order valence-electron chi connectivity index (χ0n) is 25.5. The average molecular weight is 537 g/mol. The molecule has 0 spiro atoms. The molecule has 0 bridgehead atoms. The van der Waals surface area contributed by atoms with Crippen molar-refractivity contribution in [2.24, 2.45) is 0 Å². The molecule has 0 saturated heterocycles. The van der Waals surface area contributed by atoms with Gasteiger partial charge in [0.15, 0.2) is 11.6 Å². The third-order valence-electron chi connectivity index (χ3n) is 8.85. The summed E-state index contributed by atoms with van der Waals surface area (Å²) in [5, 5.41) is 0. The first-order valence-electron chi connectivity index (χ1n) is 15.0. The fourth-order valence-electron chi connectivity index (χ4n) is 5.29. The van der Waals surface area contributed by atoms with Crippen LogP contribution in [0.4, 0.5) is 0 Å². The molecule has 0 aliphatic heterocycles. The van der Waals surface area contributed by atoms with Crippen molar-refractivity contribution in [3.8, 4) is 11.6 Å². The number of nitrogens with zero attached hydrogens (tertiary/aromatic N) is 6. The highest BCUT2D eigenvalue weighted by Crippen LogP contribution is 2.32. The van der Waals surface area contributed by atoms with E-state index in [9.17, 15) is 0 Å². The highest BCUT2D eigenvalue weighted by molar-refractivity contribution is 5.79. The molecule has 3 aromatic heterocycles. The molecule has 2 aromatic carbocycles. The monoisotopic (exact) mass is 536 g/mol. The van der Waals surface area contributed by atoms with Crippen molar-refractivity contribution in [1.82, 2.24) is 29.1 Å². The van der Waals surface area contributed by atoms with Crippen LogP contribution in [0, 0.1) is 0 Å². The van der Waals surface area contributed by atoms with Crippen LogP contribution in [0.25, 0.3) is 33.7 Å². The van der Waals surface area contributed by atoms with E-state index in [0.717, 1.165) is 83.6 Å². The Balaban J connectivity index is 1.66. The fourth-order valence-corrected chi connectivity index (χ4v) is 5.29. The second-order valence-corrected chi connectivity index (χ2v) is 12.4. The number of aryl methyl sites for hydroxylation is 2. The molecule has 0 aliphatic rings. The van der Waals surface area contributed by atoms with Crippen LogP contribution in [0.5, 0.6) is 0 Å². The van der Waals surface area contributed by atoms with Gasteiger partial charge in [-0.3, -0.25) is 9.13 Å². The van der Waals surface area contributed by atoms with E-state index in [4.69, 9.17) is 19.9 Å². The lowest BCUT2D eigenvalue weighted by Crippen LogP contribution is -2.15. The third kappa shape index (κ3) is 4.93. The Morgan fingerprint density at radius 1 is 0.600 bits per heavy atom. The van der Waals surface area contributed by atoms with E-state index >= 15 is 0 Å². The number of aromatic nitrogens is 6. The Bertz CT molecular complexity index is 1530. The van der Waals surface area contributed by atoms with Crippen LogP contribution in [-0.4, -0.2) is 29.1 Å². The highest BCUT2D eigenvalue weighted by atomic mass is 15.2. The van der Waals surface area contributed by atoms with Crippen LogP contribution < -0.4 is 0 Å². The minimum Gasteiger partial charge on any atom is -0.281 e. The number of fused-ring (bicyclic) bond motifs is 2. The van der Waals surface area contributed by atoms with Crippen molar-refractivity contribution < 1.29 is 0 Å². The minimum atomic E-state index is 0.113. The Kier molecular flexibility index (Phi) is 7.56. The molecule has 5 rings (SSSR count). The molecule has 210 valence electrons. The number of imidazole rings is 2.